The van der Waals surface area contributed by atoms with E-state index < -0.39 is 0 Å². The molecule has 0 aliphatic heterocycles. The van der Waals surface area contributed by atoms with E-state index in [0.29, 0.717) is 24.2 Å². The fraction of sp³-hybridized carbons (Fsp3) is 1.00. The second kappa shape index (κ2) is 9.00. The molecule has 2 atom stereocenters. The molecule has 0 aromatic heterocycles. The molecule has 0 aliphatic rings. The summed E-state index contributed by atoms with van der Waals surface area (Å²) in [6.07, 6.45) is 5.27. The van der Waals surface area contributed by atoms with Crippen molar-refractivity contribution in [2.45, 2.75) is 91.4 Å². The lowest BCUT2D eigenvalue weighted by atomic mass is 10.1. The van der Waals surface area contributed by atoms with Crippen LogP contribution in [0.25, 0.3) is 0 Å². The fourth-order valence-corrected chi connectivity index (χ4v) is 2.21. The Bertz CT molecular complexity index is 137. The smallest absolute Gasteiger partial charge is 0.00410 e. The predicted octanol–water partition coefficient (Wildman–Crippen LogP) is 3.32. The average Bonchev–Trinajstić information content (AvgIpc) is 2.10. The maximum absolute atomic E-state index is 3.55. The highest BCUT2D eigenvalue weighted by Gasteiger charge is 2.05. The molecule has 0 aromatic rings. The predicted molar refractivity (Wildman–Crippen MR) is 73.9 cm³/mol. The lowest BCUT2D eigenvalue weighted by molar-refractivity contribution is 0.417. The molecule has 0 aliphatic carbocycles. The van der Waals surface area contributed by atoms with Crippen molar-refractivity contribution in [2.24, 2.45) is 0 Å². The van der Waals surface area contributed by atoms with Gasteiger partial charge in [0.2, 0.25) is 0 Å². The minimum absolute atomic E-state index is 0.608. The highest BCUT2D eigenvalue weighted by molar-refractivity contribution is 4.67. The van der Waals surface area contributed by atoms with Crippen LogP contribution in [-0.2, 0) is 0 Å². The Morgan fingerprint density at radius 3 is 1.19 bits per heavy atom. The first kappa shape index (κ1) is 15.9. The number of unbranched alkanes of at least 4 members (excludes halogenated alkanes) is 1. The second-order valence-electron chi connectivity index (χ2n) is 5.73. The molecule has 0 rings (SSSR count). The molecule has 0 saturated carbocycles. The van der Waals surface area contributed by atoms with E-state index in [-0.39, 0.29) is 0 Å². The van der Waals surface area contributed by atoms with E-state index in [4.69, 9.17) is 0 Å². The van der Waals surface area contributed by atoms with Crippen molar-refractivity contribution in [3.63, 3.8) is 0 Å². The Morgan fingerprint density at radius 1 is 0.625 bits per heavy atom. The maximum atomic E-state index is 3.55. The number of hydrogen-bond acceptors (Lipinski definition) is 2. The van der Waals surface area contributed by atoms with Gasteiger partial charge in [0.25, 0.3) is 0 Å². The average molecular weight is 228 g/mol. The Labute approximate surface area is 103 Å². The van der Waals surface area contributed by atoms with Crippen molar-refractivity contribution in [3.05, 3.63) is 0 Å². The zero-order chi connectivity index (χ0) is 12.6. The van der Waals surface area contributed by atoms with Gasteiger partial charge < -0.3 is 10.6 Å². The summed E-state index contributed by atoms with van der Waals surface area (Å²) in [5, 5.41) is 7.09. The zero-order valence-electron chi connectivity index (χ0n) is 12.1. The molecule has 0 radical (unpaired) electrons. The summed E-state index contributed by atoms with van der Waals surface area (Å²) in [5.41, 5.74) is 0. The standard InChI is InChI=1S/C14H32N2/c1-11(2)15-13(5)9-7-8-10-14(6)16-12(3)4/h11-16H,7-10H2,1-6H3. The van der Waals surface area contributed by atoms with Crippen LogP contribution in [0.4, 0.5) is 0 Å². The Hall–Kier alpha value is -0.0800. The molecule has 0 amide bonds. The van der Waals surface area contributed by atoms with Gasteiger partial charge in [0, 0.05) is 24.2 Å². The van der Waals surface area contributed by atoms with Crippen LogP contribution in [-0.4, -0.2) is 24.2 Å². The minimum atomic E-state index is 0.608. The van der Waals surface area contributed by atoms with Crippen molar-refractivity contribution in [1.82, 2.24) is 10.6 Å². The summed E-state index contributed by atoms with van der Waals surface area (Å²) in [7, 11) is 0. The lowest BCUT2D eigenvalue weighted by Crippen LogP contribution is -2.33. The van der Waals surface area contributed by atoms with Gasteiger partial charge in [0.15, 0.2) is 0 Å². The Balaban J connectivity index is 3.38. The molecule has 98 valence electrons. The van der Waals surface area contributed by atoms with Gasteiger partial charge in [0.1, 0.15) is 0 Å². The van der Waals surface area contributed by atoms with Crippen molar-refractivity contribution < 1.29 is 0 Å². The zero-order valence-corrected chi connectivity index (χ0v) is 12.1. The van der Waals surface area contributed by atoms with Crippen molar-refractivity contribution in [2.75, 3.05) is 0 Å². The van der Waals surface area contributed by atoms with Gasteiger partial charge in [-0.1, -0.05) is 40.5 Å². The highest BCUT2D eigenvalue weighted by Crippen LogP contribution is 2.07. The van der Waals surface area contributed by atoms with Crippen LogP contribution >= 0.6 is 0 Å². The van der Waals surface area contributed by atoms with Crippen LogP contribution in [0.1, 0.15) is 67.2 Å². The van der Waals surface area contributed by atoms with Gasteiger partial charge in [-0.15, -0.1) is 0 Å². The van der Waals surface area contributed by atoms with Gasteiger partial charge in [-0.2, -0.15) is 0 Å². The summed E-state index contributed by atoms with van der Waals surface area (Å²) in [5.74, 6) is 0. The third-order valence-corrected chi connectivity index (χ3v) is 2.76. The number of nitrogens with one attached hydrogen (secondary N) is 2. The van der Waals surface area contributed by atoms with Gasteiger partial charge >= 0.3 is 0 Å². The van der Waals surface area contributed by atoms with Gasteiger partial charge in [-0.25, -0.2) is 0 Å². The molecule has 0 spiro atoms. The van der Waals surface area contributed by atoms with Gasteiger partial charge in [-0.3, -0.25) is 0 Å². The van der Waals surface area contributed by atoms with Crippen LogP contribution in [0, 0.1) is 0 Å². The van der Waals surface area contributed by atoms with E-state index in [9.17, 15) is 0 Å². The first-order valence-electron chi connectivity index (χ1n) is 6.94. The topological polar surface area (TPSA) is 24.1 Å². The normalized spacial score (nSPS) is 15.8. The largest absolute Gasteiger partial charge is 0.312 e. The van der Waals surface area contributed by atoms with Crippen molar-refractivity contribution in [3.8, 4) is 0 Å². The van der Waals surface area contributed by atoms with Crippen molar-refractivity contribution >= 4 is 0 Å². The van der Waals surface area contributed by atoms with Crippen LogP contribution in [0.5, 0.6) is 0 Å². The second-order valence-corrected chi connectivity index (χ2v) is 5.73. The molecule has 0 bridgehead atoms. The van der Waals surface area contributed by atoms with E-state index in [1.165, 1.54) is 25.7 Å². The van der Waals surface area contributed by atoms with E-state index in [1.54, 1.807) is 0 Å². The number of hydrogen-bond donors (Lipinski definition) is 2. The molecule has 2 nitrogen and oxygen atoms in total. The molecule has 2 N–H and O–H groups in total. The summed E-state index contributed by atoms with van der Waals surface area (Å²) < 4.78 is 0. The highest BCUT2D eigenvalue weighted by atomic mass is 14.9. The quantitative estimate of drug-likeness (QED) is 0.592. The summed E-state index contributed by atoms with van der Waals surface area (Å²) in [6.45, 7) is 13.4. The first-order valence-corrected chi connectivity index (χ1v) is 6.94. The molecule has 2 heteroatoms. The van der Waals surface area contributed by atoms with Crippen LogP contribution < -0.4 is 10.6 Å². The first-order chi connectivity index (χ1) is 7.41. The van der Waals surface area contributed by atoms with E-state index in [1.807, 2.05) is 0 Å². The maximum Gasteiger partial charge on any atom is 0.00410 e. The molecule has 0 saturated heterocycles. The third-order valence-electron chi connectivity index (χ3n) is 2.76. The Kier molecular flexibility index (Phi) is 8.96. The van der Waals surface area contributed by atoms with E-state index in [2.05, 4.69) is 52.2 Å². The van der Waals surface area contributed by atoms with E-state index >= 15 is 0 Å². The molecule has 2 unspecified atom stereocenters. The molecular weight excluding hydrogens is 196 g/mol. The van der Waals surface area contributed by atoms with Crippen LogP contribution in [0.2, 0.25) is 0 Å². The van der Waals surface area contributed by atoms with Crippen LogP contribution in [0.3, 0.4) is 0 Å². The van der Waals surface area contributed by atoms with Crippen molar-refractivity contribution in [1.29, 1.82) is 0 Å². The van der Waals surface area contributed by atoms with Crippen LogP contribution in [0.15, 0.2) is 0 Å². The molecule has 0 fully saturated rings. The monoisotopic (exact) mass is 228 g/mol. The minimum Gasteiger partial charge on any atom is -0.312 e. The Morgan fingerprint density at radius 2 is 0.938 bits per heavy atom. The lowest BCUT2D eigenvalue weighted by Gasteiger charge is -2.18. The number of rotatable bonds is 9. The molecule has 16 heavy (non-hydrogen) atoms. The summed E-state index contributed by atoms with van der Waals surface area (Å²) >= 11 is 0. The molecule has 0 heterocycles. The SMILES string of the molecule is CC(C)NC(C)CCCCC(C)NC(C)C. The summed E-state index contributed by atoms with van der Waals surface area (Å²) in [6, 6.07) is 2.54. The third kappa shape index (κ3) is 10.4. The molecule has 0 aromatic carbocycles. The summed E-state index contributed by atoms with van der Waals surface area (Å²) in [4.78, 5) is 0. The molecular formula is C14H32N2. The fourth-order valence-electron chi connectivity index (χ4n) is 2.21. The van der Waals surface area contributed by atoms with Gasteiger partial charge in [0.05, 0.1) is 0 Å². The van der Waals surface area contributed by atoms with E-state index in [0.717, 1.165) is 0 Å². The van der Waals surface area contributed by atoms with Gasteiger partial charge in [-0.05, 0) is 26.7 Å².